The second-order valence-electron chi connectivity index (χ2n) is 4.07. The number of aliphatic hydroxyl groups excluding tert-OH is 1. The highest BCUT2D eigenvalue weighted by Crippen LogP contribution is 2.35. The first-order valence-electron chi connectivity index (χ1n) is 5.95. The second kappa shape index (κ2) is 7.43. The van der Waals surface area contributed by atoms with E-state index in [0.29, 0.717) is 18.2 Å². The highest BCUT2D eigenvalue weighted by Gasteiger charge is 2.16. The quantitative estimate of drug-likeness (QED) is 0.764. The van der Waals surface area contributed by atoms with E-state index < -0.39 is 6.10 Å². The standard InChI is InChI=1S/C14H14BrClO3S/c1-18-5-6-19-12-3-2-9(8-10(12)15)13(17)14-11(16)4-7-20-14/h2-4,7-8,13,17H,5-6H2,1H3. The van der Waals surface area contributed by atoms with Crippen molar-refractivity contribution in [2.45, 2.75) is 6.10 Å². The van der Waals surface area contributed by atoms with Crippen molar-refractivity contribution in [3.8, 4) is 5.75 Å². The lowest BCUT2D eigenvalue weighted by molar-refractivity contribution is 0.146. The number of thiophene rings is 1. The Bertz CT molecular complexity index is 573. The molecule has 3 nitrogen and oxygen atoms in total. The lowest BCUT2D eigenvalue weighted by Gasteiger charge is -2.13. The molecule has 0 aliphatic heterocycles. The average Bonchev–Trinajstić information content (AvgIpc) is 2.86. The van der Waals surface area contributed by atoms with E-state index in [2.05, 4.69) is 15.9 Å². The maximum atomic E-state index is 10.3. The molecule has 2 aromatic rings. The minimum absolute atomic E-state index is 0.480. The first-order valence-corrected chi connectivity index (χ1v) is 8.00. The molecule has 0 saturated carbocycles. The molecule has 0 radical (unpaired) electrons. The van der Waals surface area contributed by atoms with Crippen molar-refractivity contribution in [2.75, 3.05) is 20.3 Å². The van der Waals surface area contributed by atoms with Crippen LogP contribution in [0.5, 0.6) is 5.75 Å². The molecule has 0 spiro atoms. The topological polar surface area (TPSA) is 38.7 Å². The lowest BCUT2D eigenvalue weighted by Crippen LogP contribution is -2.05. The number of methoxy groups -OCH3 is 1. The van der Waals surface area contributed by atoms with E-state index in [-0.39, 0.29) is 0 Å². The lowest BCUT2D eigenvalue weighted by atomic mass is 10.1. The van der Waals surface area contributed by atoms with Gasteiger partial charge < -0.3 is 14.6 Å². The van der Waals surface area contributed by atoms with Crippen molar-refractivity contribution in [3.05, 3.63) is 49.6 Å². The normalized spacial score (nSPS) is 12.4. The van der Waals surface area contributed by atoms with E-state index >= 15 is 0 Å². The number of benzene rings is 1. The van der Waals surface area contributed by atoms with Crippen LogP contribution in [0.2, 0.25) is 5.02 Å². The fourth-order valence-electron chi connectivity index (χ4n) is 1.69. The van der Waals surface area contributed by atoms with Crippen LogP contribution in [0.25, 0.3) is 0 Å². The number of rotatable bonds is 6. The molecule has 0 saturated heterocycles. The van der Waals surface area contributed by atoms with Crippen LogP contribution in [0.3, 0.4) is 0 Å². The molecular weight excluding hydrogens is 364 g/mol. The monoisotopic (exact) mass is 376 g/mol. The number of ether oxygens (including phenoxy) is 2. The van der Waals surface area contributed by atoms with Gasteiger partial charge >= 0.3 is 0 Å². The molecule has 1 N–H and O–H groups in total. The summed E-state index contributed by atoms with van der Waals surface area (Å²) < 4.78 is 11.3. The Labute approximate surface area is 135 Å². The summed E-state index contributed by atoms with van der Waals surface area (Å²) in [7, 11) is 1.63. The summed E-state index contributed by atoms with van der Waals surface area (Å²) in [5, 5.41) is 12.8. The zero-order chi connectivity index (χ0) is 14.5. The molecular formula is C14H14BrClO3S. The zero-order valence-electron chi connectivity index (χ0n) is 10.8. The summed E-state index contributed by atoms with van der Waals surface area (Å²) in [5.41, 5.74) is 0.764. The molecule has 0 aliphatic carbocycles. The first kappa shape index (κ1) is 15.8. The number of halogens is 2. The average molecular weight is 378 g/mol. The van der Waals surface area contributed by atoms with Crippen molar-refractivity contribution < 1.29 is 14.6 Å². The van der Waals surface area contributed by atoms with E-state index in [0.717, 1.165) is 20.7 Å². The van der Waals surface area contributed by atoms with E-state index in [9.17, 15) is 5.11 Å². The molecule has 0 amide bonds. The van der Waals surface area contributed by atoms with Gasteiger partial charge in [-0.15, -0.1) is 11.3 Å². The summed E-state index contributed by atoms with van der Waals surface area (Å²) in [6, 6.07) is 7.26. The highest BCUT2D eigenvalue weighted by molar-refractivity contribution is 9.10. The third-order valence-corrected chi connectivity index (χ3v) is 4.74. The second-order valence-corrected chi connectivity index (χ2v) is 6.28. The summed E-state index contributed by atoms with van der Waals surface area (Å²) in [6.45, 7) is 1.01. The number of hydrogen-bond donors (Lipinski definition) is 1. The van der Waals surface area contributed by atoms with Crippen molar-refractivity contribution in [3.63, 3.8) is 0 Å². The highest BCUT2D eigenvalue weighted by atomic mass is 79.9. The van der Waals surface area contributed by atoms with Gasteiger partial charge in [0.25, 0.3) is 0 Å². The molecule has 108 valence electrons. The molecule has 1 aromatic carbocycles. The van der Waals surface area contributed by atoms with Gasteiger partial charge in [0, 0.05) is 7.11 Å². The Morgan fingerprint density at radius 1 is 1.35 bits per heavy atom. The van der Waals surface area contributed by atoms with Gasteiger partial charge in [0.05, 0.1) is 21.0 Å². The van der Waals surface area contributed by atoms with Gasteiger partial charge in [-0.1, -0.05) is 17.7 Å². The minimum atomic E-state index is -0.730. The Morgan fingerprint density at radius 3 is 2.75 bits per heavy atom. The fourth-order valence-corrected chi connectivity index (χ4v) is 3.37. The van der Waals surface area contributed by atoms with Gasteiger partial charge in [-0.05, 0) is 45.1 Å². The summed E-state index contributed by atoms with van der Waals surface area (Å²) in [5.74, 6) is 0.718. The van der Waals surface area contributed by atoms with Crippen molar-refractivity contribution in [2.24, 2.45) is 0 Å². The van der Waals surface area contributed by atoms with Crippen molar-refractivity contribution in [1.82, 2.24) is 0 Å². The predicted octanol–water partition coefficient (Wildman–Crippen LogP) is 4.27. The van der Waals surface area contributed by atoms with Crippen LogP contribution in [-0.4, -0.2) is 25.4 Å². The van der Waals surface area contributed by atoms with E-state index in [4.69, 9.17) is 21.1 Å². The Kier molecular flexibility index (Phi) is 5.86. The van der Waals surface area contributed by atoms with Crippen LogP contribution >= 0.6 is 38.9 Å². The molecule has 1 atom stereocenters. The Balaban J connectivity index is 2.14. The van der Waals surface area contributed by atoms with Crippen LogP contribution in [0.15, 0.2) is 34.1 Å². The predicted molar refractivity (Wildman–Crippen MR) is 84.9 cm³/mol. The summed E-state index contributed by atoms with van der Waals surface area (Å²) in [4.78, 5) is 0.742. The maximum absolute atomic E-state index is 10.3. The molecule has 0 fully saturated rings. The Morgan fingerprint density at radius 2 is 2.15 bits per heavy atom. The van der Waals surface area contributed by atoms with Crippen LogP contribution in [0.4, 0.5) is 0 Å². The van der Waals surface area contributed by atoms with Crippen LogP contribution < -0.4 is 4.74 Å². The van der Waals surface area contributed by atoms with Crippen LogP contribution in [-0.2, 0) is 4.74 Å². The Hall–Kier alpha value is -0.590. The van der Waals surface area contributed by atoms with Gasteiger partial charge in [-0.2, -0.15) is 0 Å². The van der Waals surface area contributed by atoms with Crippen molar-refractivity contribution >= 4 is 38.9 Å². The molecule has 6 heteroatoms. The first-order chi connectivity index (χ1) is 9.63. The van der Waals surface area contributed by atoms with Crippen LogP contribution in [0, 0.1) is 0 Å². The third-order valence-electron chi connectivity index (χ3n) is 2.71. The molecule has 1 aromatic heterocycles. The van der Waals surface area contributed by atoms with Gasteiger partial charge in [-0.25, -0.2) is 0 Å². The van der Waals surface area contributed by atoms with E-state index in [1.807, 2.05) is 23.6 Å². The summed E-state index contributed by atoms with van der Waals surface area (Å²) >= 11 is 10.9. The molecule has 2 rings (SSSR count). The van der Waals surface area contributed by atoms with E-state index in [1.165, 1.54) is 11.3 Å². The molecule has 0 aliphatic rings. The van der Waals surface area contributed by atoms with Gasteiger partial charge in [0.15, 0.2) is 0 Å². The molecule has 1 heterocycles. The zero-order valence-corrected chi connectivity index (χ0v) is 14.0. The molecule has 0 bridgehead atoms. The van der Waals surface area contributed by atoms with Gasteiger partial charge in [0.1, 0.15) is 18.5 Å². The number of aliphatic hydroxyl groups is 1. The maximum Gasteiger partial charge on any atom is 0.133 e. The fraction of sp³-hybridized carbons (Fsp3) is 0.286. The van der Waals surface area contributed by atoms with Crippen molar-refractivity contribution in [1.29, 1.82) is 0 Å². The van der Waals surface area contributed by atoms with Gasteiger partial charge in [-0.3, -0.25) is 0 Å². The van der Waals surface area contributed by atoms with Gasteiger partial charge in [0.2, 0.25) is 0 Å². The largest absolute Gasteiger partial charge is 0.490 e. The molecule has 20 heavy (non-hydrogen) atoms. The summed E-state index contributed by atoms with van der Waals surface area (Å²) in [6.07, 6.45) is -0.730. The smallest absolute Gasteiger partial charge is 0.133 e. The third kappa shape index (κ3) is 3.74. The molecule has 1 unspecified atom stereocenters. The van der Waals surface area contributed by atoms with Crippen LogP contribution in [0.1, 0.15) is 16.5 Å². The minimum Gasteiger partial charge on any atom is -0.490 e. The van der Waals surface area contributed by atoms with E-state index in [1.54, 1.807) is 13.2 Å². The number of hydrogen-bond acceptors (Lipinski definition) is 4. The SMILES string of the molecule is COCCOc1ccc(C(O)c2sccc2Cl)cc1Br.